The fourth-order valence-corrected chi connectivity index (χ4v) is 5.23. The zero-order valence-corrected chi connectivity index (χ0v) is 20.5. The number of likely N-dealkylation sites (tertiary alicyclic amines) is 1. The number of amides is 3. The molecular formula is C26H29N3O4S. The third kappa shape index (κ3) is 5.28. The number of rotatable bonds is 4. The number of anilines is 1. The molecule has 2 aliphatic rings. The second-order valence-corrected chi connectivity index (χ2v) is 9.59. The van der Waals surface area contributed by atoms with Crippen LogP contribution in [-0.2, 0) is 9.53 Å². The molecule has 0 atom stereocenters. The minimum absolute atomic E-state index is 0.00758. The highest BCUT2D eigenvalue weighted by atomic mass is 32.2. The number of hydrogen-bond donors (Lipinski definition) is 1. The fourth-order valence-electron chi connectivity index (χ4n) is 4.14. The van der Waals surface area contributed by atoms with Gasteiger partial charge in [0.25, 0.3) is 11.8 Å². The van der Waals surface area contributed by atoms with Gasteiger partial charge < -0.3 is 19.9 Å². The molecule has 0 saturated carbocycles. The van der Waals surface area contributed by atoms with Crippen molar-refractivity contribution in [3.05, 3.63) is 64.1 Å². The molecule has 0 aliphatic carbocycles. The summed E-state index contributed by atoms with van der Waals surface area (Å²) >= 11 is 1.42. The predicted octanol–water partition coefficient (Wildman–Crippen LogP) is 4.46. The molecule has 3 amide bonds. The monoisotopic (exact) mass is 479 g/mol. The van der Waals surface area contributed by atoms with Gasteiger partial charge in [-0.3, -0.25) is 9.59 Å². The third-order valence-corrected chi connectivity index (χ3v) is 7.09. The van der Waals surface area contributed by atoms with Gasteiger partial charge in [-0.05, 0) is 56.5 Å². The molecule has 4 rings (SSSR count). The molecule has 0 bridgehead atoms. The first-order valence-electron chi connectivity index (χ1n) is 11.5. The van der Waals surface area contributed by atoms with Crippen molar-refractivity contribution < 1.29 is 19.1 Å². The first-order chi connectivity index (χ1) is 16.4. The SMILES string of the molecule is CCOC(=O)N1CCC(NC(=O)c2ccc3c(c2)N(C)C(=O)/C(=C/c2cccc(C)c2)S3)CC1. The molecule has 0 aromatic heterocycles. The zero-order valence-electron chi connectivity index (χ0n) is 19.7. The fraction of sp³-hybridized carbons (Fsp3) is 0.346. The standard InChI is InChI=1S/C26H29N3O4S/c1-4-33-26(32)29-12-10-20(11-13-29)27-24(30)19-8-9-22-21(16-19)28(3)25(31)23(34-22)15-18-7-5-6-17(2)14-18/h5-9,14-16,20H,4,10-13H2,1-3H3,(H,27,30)/b23-15-. The van der Waals surface area contributed by atoms with E-state index in [2.05, 4.69) is 5.32 Å². The lowest BCUT2D eigenvalue weighted by atomic mass is 10.0. The summed E-state index contributed by atoms with van der Waals surface area (Å²) in [5.74, 6) is -0.271. The molecule has 2 aliphatic heterocycles. The quantitative estimate of drug-likeness (QED) is 0.656. The van der Waals surface area contributed by atoms with E-state index in [0.29, 0.717) is 43.0 Å². The molecule has 0 spiro atoms. The smallest absolute Gasteiger partial charge is 0.409 e. The lowest BCUT2D eigenvalue weighted by Crippen LogP contribution is -2.46. The van der Waals surface area contributed by atoms with Crippen molar-refractivity contribution >= 4 is 41.4 Å². The summed E-state index contributed by atoms with van der Waals surface area (Å²) in [5, 5.41) is 3.07. The van der Waals surface area contributed by atoms with Gasteiger partial charge >= 0.3 is 6.09 Å². The average molecular weight is 480 g/mol. The molecule has 2 heterocycles. The first-order valence-corrected chi connectivity index (χ1v) is 12.3. The van der Waals surface area contributed by atoms with E-state index in [-0.39, 0.29) is 23.9 Å². The van der Waals surface area contributed by atoms with Crippen LogP contribution in [0.4, 0.5) is 10.5 Å². The van der Waals surface area contributed by atoms with Crippen LogP contribution in [0.5, 0.6) is 0 Å². The van der Waals surface area contributed by atoms with E-state index in [4.69, 9.17) is 4.74 Å². The van der Waals surface area contributed by atoms with Crippen molar-refractivity contribution in [2.24, 2.45) is 0 Å². The van der Waals surface area contributed by atoms with Crippen LogP contribution in [0.2, 0.25) is 0 Å². The lowest BCUT2D eigenvalue weighted by molar-refractivity contribution is -0.114. The topological polar surface area (TPSA) is 79.0 Å². The number of piperidine rings is 1. The summed E-state index contributed by atoms with van der Waals surface area (Å²) < 4.78 is 5.05. The molecule has 1 N–H and O–H groups in total. The van der Waals surface area contributed by atoms with Gasteiger partial charge in [0.05, 0.1) is 17.2 Å². The van der Waals surface area contributed by atoms with Crippen LogP contribution in [0.1, 0.15) is 41.3 Å². The Kier molecular flexibility index (Phi) is 7.26. The van der Waals surface area contributed by atoms with E-state index < -0.39 is 0 Å². The van der Waals surface area contributed by atoms with E-state index >= 15 is 0 Å². The van der Waals surface area contributed by atoms with E-state index in [1.54, 1.807) is 35.9 Å². The molecule has 2 aromatic carbocycles. The number of benzene rings is 2. The van der Waals surface area contributed by atoms with Gasteiger partial charge in [-0.1, -0.05) is 41.6 Å². The predicted molar refractivity (Wildman–Crippen MR) is 134 cm³/mol. The van der Waals surface area contributed by atoms with Crippen molar-refractivity contribution in [2.75, 3.05) is 31.6 Å². The van der Waals surface area contributed by atoms with E-state index in [1.165, 1.54) is 11.8 Å². The molecule has 34 heavy (non-hydrogen) atoms. The Balaban J connectivity index is 1.43. The summed E-state index contributed by atoms with van der Waals surface area (Å²) in [4.78, 5) is 42.6. The maximum absolute atomic E-state index is 13.0. The molecule has 0 unspecified atom stereocenters. The largest absolute Gasteiger partial charge is 0.450 e. The van der Waals surface area contributed by atoms with Crippen LogP contribution in [0.15, 0.2) is 52.3 Å². The Hall–Kier alpha value is -3.26. The van der Waals surface area contributed by atoms with Gasteiger partial charge in [-0.2, -0.15) is 0 Å². The highest BCUT2D eigenvalue weighted by Crippen LogP contribution is 2.42. The minimum atomic E-state index is -0.303. The van der Waals surface area contributed by atoms with Crippen LogP contribution in [-0.4, -0.2) is 55.6 Å². The zero-order chi connectivity index (χ0) is 24.2. The van der Waals surface area contributed by atoms with Gasteiger partial charge in [0.1, 0.15) is 0 Å². The number of fused-ring (bicyclic) bond motifs is 1. The van der Waals surface area contributed by atoms with Gasteiger partial charge in [-0.15, -0.1) is 0 Å². The number of ether oxygens (including phenoxy) is 1. The molecule has 2 aromatic rings. The molecule has 7 nitrogen and oxygen atoms in total. The number of hydrogen-bond acceptors (Lipinski definition) is 5. The molecule has 1 saturated heterocycles. The molecule has 1 fully saturated rings. The number of nitrogens with zero attached hydrogens (tertiary/aromatic N) is 2. The number of carbonyl (C=O) groups excluding carboxylic acids is 3. The summed E-state index contributed by atoms with van der Waals surface area (Å²) in [5.41, 5.74) is 3.36. The number of carbonyl (C=O) groups is 3. The number of nitrogens with one attached hydrogen (secondary N) is 1. The molecule has 8 heteroatoms. The molecular weight excluding hydrogens is 450 g/mol. The highest BCUT2D eigenvalue weighted by Gasteiger charge is 2.28. The molecule has 0 radical (unpaired) electrons. The number of likely N-dealkylation sites (N-methyl/N-ethyl adjacent to an activating group) is 1. The van der Waals surface area contributed by atoms with Crippen LogP contribution in [0, 0.1) is 6.92 Å². The Morgan fingerprint density at radius 3 is 2.65 bits per heavy atom. The normalized spacial score (nSPS) is 17.5. The summed E-state index contributed by atoms with van der Waals surface area (Å²) in [6.07, 6.45) is 2.96. The van der Waals surface area contributed by atoms with Crippen LogP contribution >= 0.6 is 11.8 Å². The van der Waals surface area contributed by atoms with Crippen LogP contribution in [0.3, 0.4) is 0 Å². The van der Waals surface area contributed by atoms with Crippen molar-refractivity contribution in [2.45, 2.75) is 37.6 Å². The maximum atomic E-state index is 13.0. The first kappa shape index (κ1) is 23.9. The van der Waals surface area contributed by atoms with Gasteiger partial charge in [0.2, 0.25) is 0 Å². The van der Waals surface area contributed by atoms with Crippen molar-refractivity contribution in [3.63, 3.8) is 0 Å². The van der Waals surface area contributed by atoms with Crippen LogP contribution < -0.4 is 10.2 Å². The Morgan fingerprint density at radius 2 is 1.94 bits per heavy atom. The summed E-state index contributed by atoms with van der Waals surface area (Å²) in [7, 11) is 1.73. The molecule has 178 valence electrons. The Bertz CT molecular complexity index is 1140. The maximum Gasteiger partial charge on any atom is 0.409 e. The Morgan fingerprint density at radius 1 is 1.18 bits per heavy atom. The van der Waals surface area contributed by atoms with E-state index in [1.807, 2.05) is 43.3 Å². The second-order valence-electron chi connectivity index (χ2n) is 8.51. The summed E-state index contributed by atoms with van der Waals surface area (Å²) in [6.45, 7) is 5.27. The van der Waals surface area contributed by atoms with Crippen molar-refractivity contribution in [1.82, 2.24) is 10.2 Å². The average Bonchev–Trinajstić information content (AvgIpc) is 2.83. The highest BCUT2D eigenvalue weighted by molar-refractivity contribution is 8.04. The second kappa shape index (κ2) is 10.3. The third-order valence-electron chi connectivity index (χ3n) is 6.01. The lowest BCUT2D eigenvalue weighted by Gasteiger charge is -2.31. The van der Waals surface area contributed by atoms with Gasteiger partial charge in [0, 0.05) is 36.6 Å². The van der Waals surface area contributed by atoms with Crippen molar-refractivity contribution in [3.8, 4) is 0 Å². The number of thioether (sulfide) groups is 1. The van der Waals surface area contributed by atoms with Crippen molar-refractivity contribution in [1.29, 1.82) is 0 Å². The van der Waals surface area contributed by atoms with E-state index in [9.17, 15) is 14.4 Å². The minimum Gasteiger partial charge on any atom is -0.450 e. The van der Waals surface area contributed by atoms with E-state index in [0.717, 1.165) is 21.7 Å². The Labute approximate surface area is 204 Å². The van der Waals surface area contributed by atoms with Gasteiger partial charge in [0.15, 0.2) is 0 Å². The summed E-state index contributed by atoms with van der Waals surface area (Å²) in [6, 6.07) is 13.5. The number of aryl methyl sites for hydroxylation is 1. The van der Waals surface area contributed by atoms with Gasteiger partial charge in [-0.25, -0.2) is 4.79 Å². The van der Waals surface area contributed by atoms with Crippen LogP contribution in [0.25, 0.3) is 6.08 Å².